The molecule has 0 spiro atoms. The highest BCUT2D eigenvalue weighted by molar-refractivity contribution is 5.75. The topological polar surface area (TPSA) is 41.0 Å². The van der Waals surface area contributed by atoms with E-state index in [0.29, 0.717) is 17.5 Å². The maximum absolute atomic E-state index is 13.7. The molecule has 5 rings (SSSR count). The van der Waals surface area contributed by atoms with Crippen LogP contribution in [0.4, 0.5) is 4.39 Å². The van der Waals surface area contributed by atoms with Gasteiger partial charge in [-0.05, 0) is 74.6 Å². The van der Waals surface area contributed by atoms with Gasteiger partial charge in [-0.25, -0.2) is 9.18 Å². The third-order valence-corrected chi connectivity index (χ3v) is 7.20. The number of hydrogen-bond acceptors (Lipinski definition) is 2. The second-order valence-electron chi connectivity index (χ2n) is 8.93. The van der Waals surface area contributed by atoms with E-state index >= 15 is 0 Å². The van der Waals surface area contributed by atoms with Crippen LogP contribution in [0.1, 0.15) is 57.4 Å². The lowest BCUT2D eigenvalue weighted by Gasteiger charge is -2.42. The van der Waals surface area contributed by atoms with E-state index in [9.17, 15) is 9.18 Å². The lowest BCUT2D eigenvalue weighted by Crippen LogP contribution is -2.45. The predicted molar refractivity (Wildman–Crippen MR) is 115 cm³/mol. The summed E-state index contributed by atoms with van der Waals surface area (Å²) in [6.45, 7) is 2.04. The molecule has 154 valence electrons. The summed E-state index contributed by atoms with van der Waals surface area (Å²) in [5.74, 6) is 0.421. The van der Waals surface area contributed by atoms with Crippen LogP contribution in [-0.4, -0.2) is 33.6 Å². The van der Waals surface area contributed by atoms with Crippen molar-refractivity contribution in [3.05, 3.63) is 58.3 Å². The van der Waals surface area contributed by atoms with Gasteiger partial charge >= 0.3 is 5.69 Å². The third kappa shape index (κ3) is 3.73. The van der Waals surface area contributed by atoms with Gasteiger partial charge in [-0.1, -0.05) is 24.6 Å². The number of imidazole rings is 1. The average molecular weight is 396 g/mol. The van der Waals surface area contributed by atoms with E-state index in [0.717, 1.165) is 31.4 Å². The van der Waals surface area contributed by atoms with Crippen molar-refractivity contribution >= 4 is 11.0 Å². The molecule has 2 aliphatic carbocycles. The highest BCUT2D eigenvalue weighted by Gasteiger charge is 2.31. The van der Waals surface area contributed by atoms with Crippen LogP contribution in [-0.2, 0) is 0 Å². The number of piperidine rings is 1. The predicted octanol–water partition coefficient (Wildman–Crippen LogP) is 4.94. The number of allylic oxidation sites excluding steroid dienone is 4. The number of nitrogens with zero attached hydrogens (tertiary/aromatic N) is 2. The zero-order valence-corrected chi connectivity index (χ0v) is 16.9. The first kappa shape index (κ1) is 18.9. The molecule has 1 aliphatic heterocycles. The van der Waals surface area contributed by atoms with Gasteiger partial charge in [0.05, 0.1) is 11.0 Å². The Morgan fingerprint density at radius 2 is 1.90 bits per heavy atom. The molecule has 29 heavy (non-hydrogen) atoms. The fourth-order valence-electron chi connectivity index (χ4n) is 5.70. The first-order valence-corrected chi connectivity index (χ1v) is 11.2. The minimum atomic E-state index is -0.290. The van der Waals surface area contributed by atoms with Crippen LogP contribution < -0.4 is 5.69 Å². The van der Waals surface area contributed by atoms with Crippen LogP contribution in [0, 0.1) is 11.7 Å². The molecule has 0 radical (unpaired) electrons. The zero-order valence-electron chi connectivity index (χ0n) is 16.9. The summed E-state index contributed by atoms with van der Waals surface area (Å²) in [4.78, 5) is 18.0. The summed E-state index contributed by atoms with van der Waals surface area (Å²) in [5.41, 5.74) is 2.87. The maximum Gasteiger partial charge on any atom is 0.326 e. The van der Waals surface area contributed by atoms with Gasteiger partial charge in [-0.3, -0.25) is 4.57 Å². The van der Waals surface area contributed by atoms with Crippen molar-refractivity contribution in [3.63, 3.8) is 0 Å². The molecular weight excluding hydrogens is 365 g/mol. The van der Waals surface area contributed by atoms with Gasteiger partial charge in [0.2, 0.25) is 0 Å². The SMILES string of the molecule is O=c1[nH]c2ccc(F)cc2n1C1CCN(C2CCCC(C3=CCCC=C3)C2)CC1. The molecule has 3 aliphatic rings. The molecule has 5 heteroatoms. The van der Waals surface area contributed by atoms with Gasteiger partial charge in [0.1, 0.15) is 5.82 Å². The second-order valence-corrected chi connectivity index (χ2v) is 8.93. The second kappa shape index (κ2) is 7.94. The Kier molecular flexibility index (Phi) is 5.17. The number of aromatic amines is 1. The lowest BCUT2D eigenvalue weighted by molar-refractivity contribution is 0.0977. The number of benzene rings is 1. The fraction of sp³-hybridized carbons (Fsp3) is 0.542. The van der Waals surface area contributed by atoms with Crippen LogP contribution in [0.2, 0.25) is 0 Å². The molecular formula is C24H30FN3O. The Morgan fingerprint density at radius 1 is 1.03 bits per heavy atom. The van der Waals surface area contributed by atoms with Gasteiger partial charge in [-0.2, -0.15) is 0 Å². The first-order valence-electron chi connectivity index (χ1n) is 11.2. The number of rotatable bonds is 3. The fourth-order valence-corrected chi connectivity index (χ4v) is 5.70. The van der Waals surface area contributed by atoms with Crippen molar-refractivity contribution in [1.82, 2.24) is 14.5 Å². The van der Waals surface area contributed by atoms with Crippen molar-refractivity contribution in [2.45, 2.75) is 63.5 Å². The smallest absolute Gasteiger partial charge is 0.306 e. The maximum atomic E-state index is 13.7. The standard InChI is InChI=1S/C24H30FN3O/c25-19-9-10-22-23(16-19)28(24(29)26-22)20-11-13-27(14-12-20)21-8-4-7-18(15-21)17-5-2-1-3-6-17/h2,5-6,9-10,16,18,20-21H,1,3-4,7-8,11-15H2,(H,26,29). The van der Waals surface area contributed by atoms with Crippen molar-refractivity contribution in [1.29, 1.82) is 0 Å². The number of H-pyrrole nitrogens is 1. The Balaban J connectivity index is 1.27. The van der Waals surface area contributed by atoms with Crippen molar-refractivity contribution in [2.24, 2.45) is 5.92 Å². The summed E-state index contributed by atoms with van der Waals surface area (Å²) in [7, 11) is 0. The van der Waals surface area contributed by atoms with E-state index < -0.39 is 0 Å². The van der Waals surface area contributed by atoms with Crippen LogP contribution in [0.25, 0.3) is 11.0 Å². The number of nitrogens with one attached hydrogen (secondary N) is 1. The summed E-state index contributed by atoms with van der Waals surface area (Å²) in [6.07, 6.45) is 16.6. The molecule has 2 aromatic rings. The summed E-state index contributed by atoms with van der Waals surface area (Å²) in [5, 5.41) is 0. The van der Waals surface area contributed by atoms with E-state index in [4.69, 9.17) is 0 Å². The monoisotopic (exact) mass is 395 g/mol. The highest BCUT2D eigenvalue weighted by atomic mass is 19.1. The first-order chi connectivity index (χ1) is 14.2. The molecule has 1 saturated carbocycles. The minimum Gasteiger partial charge on any atom is -0.306 e. The van der Waals surface area contributed by atoms with Gasteiger partial charge in [0.15, 0.2) is 0 Å². The van der Waals surface area contributed by atoms with Gasteiger partial charge in [0, 0.05) is 25.2 Å². The van der Waals surface area contributed by atoms with E-state index in [-0.39, 0.29) is 17.5 Å². The van der Waals surface area contributed by atoms with Crippen molar-refractivity contribution < 1.29 is 4.39 Å². The normalized spacial score (nSPS) is 26.7. The Bertz CT molecular complexity index is 993. The summed E-state index contributed by atoms with van der Waals surface area (Å²) >= 11 is 0. The molecule has 0 amide bonds. The molecule has 2 unspecified atom stereocenters. The number of fused-ring (bicyclic) bond motifs is 1. The third-order valence-electron chi connectivity index (χ3n) is 7.20. The van der Waals surface area contributed by atoms with E-state index in [1.165, 1.54) is 50.7 Å². The molecule has 2 heterocycles. The molecule has 1 aromatic carbocycles. The number of halogens is 1. The quantitative estimate of drug-likeness (QED) is 0.800. The average Bonchev–Trinajstić information content (AvgIpc) is 3.09. The molecule has 1 N–H and O–H groups in total. The van der Waals surface area contributed by atoms with Crippen LogP contribution in [0.15, 0.2) is 46.8 Å². The van der Waals surface area contributed by atoms with Gasteiger partial charge in [-0.15, -0.1) is 0 Å². The minimum absolute atomic E-state index is 0.113. The lowest BCUT2D eigenvalue weighted by atomic mass is 9.78. The molecule has 0 bridgehead atoms. The largest absolute Gasteiger partial charge is 0.326 e. The number of likely N-dealkylation sites (tertiary alicyclic amines) is 1. The summed E-state index contributed by atoms with van der Waals surface area (Å²) < 4.78 is 15.5. The number of hydrogen-bond donors (Lipinski definition) is 1. The van der Waals surface area contributed by atoms with Crippen molar-refractivity contribution in [3.8, 4) is 0 Å². The van der Waals surface area contributed by atoms with E-state index in [2.05, 4.69) is 28.1 Å². The zero-order chi connectivity index (χ0) is 19.8. The molecule has 4 nitrogen and oxygen atoms in total. The van der Waals surface area contributed by atoms with Crippen molar-refractivity contribution in [2.75, 3.05) is 13.1 Å². The van der Waals surface area contributed by atoms with E-state index in [1.807, 2.05) is 0 Å². The molecule has 1 aromatic heterocycles. The van der Waals surface area contributed by atoms with Gasteiger partial charge in [0.25, 0.3) is 0 Å². The van der Waals surface area contributed by atoms with Crippen LogP contribution in [0.3, 0.4) is 0 Å². The van der Waals surface area contributed by atoms with Crippen LogP contribution >= 0.6 is 0 Å². The Morgan fingerprint density at radius 3 is 2.69 bits per heavy atom. The molecule has 1 saturated heterocycles. The highest BCUT2D eigenvalue weighted by Crippen LogP contribution is 2.36. The number of aromatic nitrogens is 2. The van der Waals surface area contributed by atoms with Gasteiger partial charge < -0.3 is 9.88 Å². The Hall–Kier alpha value is -2.14. The molecule has 2 atom stereocenters. The van der Waals surface area contributed by atoms with E-state index in [1.54, 1.807) is 16.2 Å². The summed E-state index contributed by atoms with van der Waals surface area (Å²) in [6, 6.07) is 5.35. The Labute approximate surface area is 171 Å². The van der Waals surface area contributed by atoms with Crippen LogP contribution in [0.5, 0.6) is 0 Å². The molecule has 2 fully saturated rings.